The van der Waals surface area contributed by atoms with Gasteiger partial charge in [0.05, 0.1) is 11.5 Å². The van der Waals surface area contributed by atoms with E-state index in [1.165, 1.54) is 6.42 Å². The lowest BCUT2D eigenvalue weighted by Crippen LogP contribution is -2.64. The second kappa shape index (κ2) is 7.81. The van der Waals surface area contributed by atoms with Crippen LogP contribution in [0, 0.1) is 0 Å². The molecule has 2 aliphatic rings. The summed E-state index contributed by atoms with van der Waals surface area (Å²) in [7, 11) is 0. The zero-order valence-corrected chi connectivity index (χ0v) is 16.4. The van der Waals surface area contributed by atoms with Gasteiger partial charge in [-0.05, 0) is 44.2 Å². The number of fused-ring (bicyclic) bond motifs is 1. The van der Waals surface area contributed by atoms with E-state index in [1.54, 1.807) is 0 Å². The maximum absolute atomic E-state index is 13.5. The quantitative estimate of drug-likeness (QED) is 0.857. The molecule has 142 valence electrons. The Morgan fingerprint density at radius 2 is 1.92 bits per heavy atom. The first-order chi connectivity index (χ1) is 12.6. The first-order valence-electron chi connectivity index (χ1n) is 10.3. The Labute approximate surface area is 157 Å². The summed E-state index contributed by atoms with van der Waals surface area (Å²) in [5.41, 5.74) is 1.25. The van der Waals surface area contributed by atoms with Gasteiger partial charge >= 0.3 is 0 Å². The Bertz CT molecular complexity index is 664. The Kier molecular flexibility index (Phi) is 5.69. The van der Waals surface area contributed by atoms with Crippen molar-refractivity contribution in [3.05, 3.63) is 35.4 Å². The molecule has 1 aliphatic heterocycles. The summed E-state index contributed by atoms with van der Waals surface area (Å²) in [6.45, 7) is 7.01. The maximum Gasteiger partial charge on any atom is 0.254 e. The van der Waals surface area contributed by atoms with Crippen LogP contribution in [-0.2, 0) is 4.79 Å². The summed E-state index contributed by atoms with van der Waals surface area (Å²) in [6.07, 6.45) is 7.01. The molecule has 1 aliphatic carbocycles. The number of carbonyl (C=O) groups excluding carboxylic acids is 2. The van der Waals surface area contributed by atoms with E-state index in [9.17, 15) is 9.59 Å². The molecule has 0 radical (unpaired) electrons. The van der Waals surface area contributed by atoms with Crippen LogP contribution >= 0.6 is 0 Å². The van der Waals surface area contributed by atoms with Crippen LogP contribution in [0.5, 0.6) is 0 Å². The zero-order valence-electron chi connectivity index (χ0n) is 16.4. The second-order valence-electron chi connectivity index (χ2n) is 7.91. The molecule has 0 unspecified atom stereocenters. The summed E-state index contributed by atoms with van der Waals surface area (Å²) >= 11 is 0. The molecule has 3 rings (SSSR count). The molecule has 0 bridgehead atoms. The normalized spacial score (nSPS) is 22.8. The molecule has 2 amide bonds. The van der Waals surface area contributed by atoms with Crippen LogP contribution in [0.4, 0.5) is 0 Å². The van der Waals surface area contributed by atoms with Gasteiger partial charge in [-0.15, -0.1) is 0 Å². The summed E-state index contributed by atoms with van der Waals surface area (Å²) in [5, 5.41) is 3.13. The van der Waals surface area contributed by atoms with E-state index in [2.05, 4.69) is 31.0 Å². The van der Waals surface area contributed by atoms with Gasteiger partial charge in [-0.25, -0.2) is 0 Å². The highest BCUT2D eigenvalue weighted by Gasteiger charge is 2.55. The largest absolute Gasteiger partial charge is 0.356 e. The van der Waals surface area contributed by atoms with Crippen LogP contribution in [0.3, 0.4) is 0 Å². The Balaban J connectivity index is 2.16. The molecule has 1 saturated carbocycles. The van der Waals surface area contributed by atoms with Gasteiger partial charge in [0.1, 0.15) is 0 Å². The van der Waals surface area contributed by atoms with Crippen molar-refractivity contribution in [2.75, 3.05) is 6.54 Å². The summed E-state index contributed by atoms with van der Waals surface area (Å²) in [5.74, 6) is -0.0735. The van der Waals surface area contributed by atoms with Crippen molar-refractivity contribution in [1.29, 1.82) is 0 Å². The minimum Gasteiger partial charge on any atom is -0.356 e. The van der Waals surface area contributed by atoms with Crippen molar-refractivity contribution >= 4 is 11.8 Å². The van der Waals surface area contributed by atoms with Gasteiger partial charge in [0.15, 0.2) is 0 Å². The lowest BCUT2D eigenvalue weighted by atomic mass is 9.64. The SMILES string of the molecule is CCCNC(=O)[C@@H]1c2ccccc2C(=O)N([C@H](C)CC)C12CCCCC2. The van der Waals surface area contributed by atoms with Crippen molar-refractivity contribution in [2.24, 2.45) is 0 Å². The summed E-state index contributed by atoms with van der Waals surface area (Å²) in [4.78, 5) is 28.9. The third-order valence-corrected chi connectivity index (χ3v) is 6.30. The van der Waals surface area contributed by atoms with E-state index < -0.39 is 0 Å². The van der Waals surface area contributed by atoms with Gasteiger partial charge < -0.3 is 10.2 Å². The molecule has 0 saturated heterocycles. The van der Waals surface area contributed by atoms with Crippen LogP contribution < -0.4 is 5.32 Å². The smallest absolute Gasteiger partial charge is 0.254 e. The van der Waals surface area contributed by atoms with Gasteiger partial charge in [0, 0.05) is 18.2 Å². The standard InChI is InChI=1S/C22H32N2O2/c1-4-15-23-20(25)19-17-11-7-8-12-18(17)21(26)24(16(3)5-2)22(19)13-9-6-10-14-22/h7-8,11-12,16,19H,4-6,9-10,13-15H2,1-3H3,(H,23,25)/t16-,19+/m1/s1. The van der Waals surface area contributed by atoms with Crippen molar-refractivity contribution in [3.8, 4) is 0 Å². The number of carbonyl (C=O) groups is 2. The van der Waals surface area contributed by atoms with E-state index in [4.69, 9.17) is 0 Å². The molecule has 4 nitrogen and oxygen atoms in total. The molecular formula is C22H32N2O2. The third-order valence-electron chi connectivity index (χ3n) is 6.30. The number of nitrogens with one attached hydrogen (secondary N) is 1. The number of nitrogens with zero attached hydrogens (tertiary/aromatic N) is 1. The lowest BCUT2D eigenvalue weighted by Gasteiger charge is -2.55. The minimum absolute atomic E-state index is 0.0852. The summed E-state index contributed by atoms with van der Waals surface area (Å²) < 4.78 is 0. The molecule has 1 heterocycles. The topological polar surface area (TPSA) is 49.4 Å². The van der Waals surface area contributed by atoms with Crippen molar-refractivity contribution in [3.63, 3.8) is 0 Å². The number of hydrogen-bond acceptors (Lipinski definition) is 2. The number of amides is 2. The molecular weight excluding hydrogens is 324 g/mol. The van der Waals surface area contributed by atoms with E-state index in [0.29, 0.717) is 12.1 Å². The van der Waals surface area contributed by atoms with Gasteiger partial charge in [-0.1, -0.05) is 51.3 Å². The van der Waals surface area contributed by atoms with Crippen molar-refractivity contribution in [1.82, 2.24) is 10.2 Å². The van der Waals surface area contributed by atoms with Gasteiger partial charge in [0.2, 0.25) is 5.91 Å². The van der Waals surface area contributed by atoms with Gasteiger partial charge in [-0.2, -0.15) is 0 Å². The minimum atomic E-state index is -0.378. The first-order valence-corrected chi connectivity index (χ1v) is 10.3. The van der Waals surface area contributed by atoms with E-state index in [-0.39, 0.29) is 29.3 Å². The lowest BCUT2D eigenvalue weighted by molar-refractivity contribution is -0.128. The monoisotopic (exact) mass is 356 g/mol. The fraction of sp³-hybridized carbons (Fsp3) is 0.636. The fourth-order valence-electron chi connectivity index (χ4n) is 4.95. The van der Waals surface area contributed by atoms with Gasteiger partial charge in [0.25, 0.3) is 5.91 Å². The van der Waals surface area contributed by atoms with E-state index in [1.807, 2.05) is 24.3 Å². The molecule has 26 heavy (non-hydrogen) atoms. The summed E-state index contributed by atoms with van der Waals surface area (Å²) in [6, 6.07) is 7.89. The average Bonchev–Trinajstić information content (AvgIpc) is 2.67. The highest BCUT2D eigenvalue weighted by Crippen LogP contribution is 2.50. The molecule has 2 atom stereocenters. The maximum atomic E-state index is 13.5. The highest BCUT2D eigenvalue weighted by atomic mass is 16.2. The van der Waals surface area contributed by atoms with Crippen LogP contribution in [0.25, 0.3) is 0 Å². The second-order valence-corrected chi connectivity index (χ2v) is 7.91. The Hall–Kier alpha value is -1.84. The Morgan fingerprint density at radius 1 is 1.23 bits per heavy atom. The molecule has 4 heteroatoms. The molecule has 1 aromatic rings. The third kappa shape index (κ3) is 3.04. The van der Waals surface area contributed by atoms with E-state index >= 15 is 0 Å². The van der Waals surface area contributed by atoms with Crippen LogP contribution in [0.2, 0.25) is 0 Å². The van der Waals surface area contributed by atoms with Gasteiger partial charge in [-0.3, -0.25) is 9.59 Å². The zero-order chi connectivity index (χ0) is 18.7. The van der Waals surface area contributed by atoms with Crippen molar-refractivity contribution < 1.29 is 9.59 Å². The van der Waals surface area contributed by atoms with Crippen molar-refractivity contribution in [2.45, 2.75) is 83.2 Å². The molecule has 1 N–H and O–H groups in total. The molecule has 1 spiro atoms. The van der Waals surface area contributed by atoms with Crippen LogP contribution in [0.1, 0.15) is 87.6 Å². The van der Waals surface area contributed by atoms with E-state index in [0.717, 1.165) is 44.1 Å². The number of benzene rings is 1. The highest BCUT2D eigenvalue weighted by molar-refractivity contribution is 6.02. The molecule has 0 aromatic heterocycles. The average molecular weight is 357 g/mol. The predicted octanol–water partition coefficient (Wildman–Crippen LogP) is 4.25. The molecule has 1 aromatic carbocycles. The predicted molar refractivity (Wildman–Crippen MR) is 104 cm³/mol. The number of rotatable bonds is 5. The van der Waals surface area contributed by atoms with Crippen LogP contribution in [-0.4, -0.2) is 34.8 Å². The molecule has 1 fully saturated rings. The first kappa shape index (κ1) is 18.9. The Morgan fingerprint density at radius 3 is 2.58 bits per heavy atom. The van der Waals surface area contributed by atoms with Crippen LogP contribution in [0.15, 0.2) is 24.3 Å². The number of hydrogen-bond donors (Lipinski definition) is 1. The fourth-order valence-corrected chi connectivity index (χ4v) is 4.95.